The second kappa shape index (κ2) is 10.1. The lowest BCUT2D eigenvalue weighted by atomic mass is 10.1. The van der Waals surface area contributed by atoms with Crippen molar-refractivity contribution in [3.05, 3.63) is 60.8 Å². The third kappa shape index (κ3) is 6.43. The number of hydrazine groups is 1. The maximum atomic E-state index is 4.12. The molecular formula is C22H33N3. The van der Waals surface area contributed by atoms with E-state index >= 15 is 0 Å². The van der Waals surface area contributed by atoms with Crippen molar-refractivity contribution in [1.29, 1.82) is 0 Å². The van der Waals surface area contributed by atoms with Crippen molar-refractivity contribution in [2.24, 2.45) is 0 Å². The van der Waals surface area contributed by atoms with Gasteiger partial charge in [0.05, 0.1) is 0 Å². The molecule has 0 saturated heterocycles. The third-order valence-corrected chi connectivity index (χ3v) is 4.73. The summed E-state index contributed by atoms with van der Waals surface area (Å²) in [6.07, 6.45) is 12.2. The quantitative estimate of drug-likeness (QED) is 0.317. The number of nitrogens with zero attached hydrogens (tertiary/aromatic N) is 1. The van der Waals surface area contributed by atoms with E-state index in [4.69, 9.17) is 0 Å². The van der Waals surface area contributed by atoms with Crippen LogP contribution in [0.25, 0.3) is 6.08 Å². The molecule has 1 aromatic rings. The molecular weight excluding hydrogens is 306 g/mol. The van der Waals surface area contributed by atoms with Gasteiger partial charge in [0.1, 0.15) is 0 Å². The molecule has 3 nitrogen and oxygen atoms in total. The number of nitrogens with one attached hydrogen (secondary N) is 2. The Bertz CT molecular complexity index is 585. The summed E-state index contributed by atoms with van der Waals surface area (Å²) in [6.45, 7) is 12.6. The maximum Gasteiger partial charge on any atom is 0.0432 e. The van der Waals surface area contributed by atoms with Gasteiger partial charge in [-0.3, -0.25) is 0 Å². The zero-order valence-corrected chi connectivity index (χ0v) is 15.7. The van der Waals surface area contributed by atoms with Gasteiger partial charge in [0.25, 0.3) is 0 Å². The van der Waals surface area contributed by atoms with E-state index in [0.29, 0.717) is 6.04 Å². The Kier molecular flexibility index (Phi) is 7.80. The normalized spacial score (nSPS) is 14.5. The highest BCUT2D eigenvalue weighted by atomic mass is 15.5. The van der Waals surface area contributed by atoms with Gasteiger partial charge in [-0.05, 0) is 55.4 Å². The van der Waals surface area contributed by atoms with E-state index in [1.165, 1.54) is 42.5 Å². The summed E-state index contributed by atoms with van der Waals surface area (Å²) in [5.74, 6) is 0. The standard InChI is InChI=1S/C22H33N3/c1-5-7-8-11-18(3)24-25(4)17-20-16-22(15-14-19(20)6-2)23-21-12-9-10-13-21/h5-6,14-16,21,23-24H,1-3,7-13,17H2,4H3. The molecule has 25 heavy (non-hydrogen) atoms. The Morgan fingerprint density at radius 1 is 1.28 bits per heavy atom. The number of allylic oxidation sites excluding steroid dienone is 2. The van der Waals surface area contributed by atoms with Gasteiger partial charge in [-0.25, -0.2) is 5.01 Å². The number of unbranched alkanes of at least 4 members (excludes halogenated alkanes) is 1. The predicted molar refractivity (Wildman–Crippen MR) is 110 cm³/mol. The number of hydrogen-bond acceptors (Lipinski definition) is 3. The predicted octanol–water partition coefficient (Wildman–Crippen LogP) is 5.49. The van der Waals surface area contributed by atoms with Gasteiger partial charge in [-0.1, -0.05) is 44.2 Å². The zero-order valence-electron chi connectivity index (χ0n) is 15.7. The molecule has 1 aliphatic rings. The smallest absolute Gasteiger partial charge is 0.0432 e. The van der Waals surface area contributed by atoms with Crippen LogP contribution in [0.5, 0.6) is 0 Å². The van der Waals surface area contributed by atoms with E-state index in [0.717, 1.165) is 31.5 Å². The summed E-state index contributed by atoms with van der Waals surface area (Å²) >= 11 is 0. The molecule has 0 atom stereocenters. The van der Waals surface area contributed by atoms with E-state index in [1.807, 2.05) is 12.2 Å². The van der Waals surface area contributed by atoms with Crippen molar-refractivity contribution in [1.82, 2.24) is 10.4 Å². The molecule has 0 radical (unpaired) electrons. The van der Waals surface area contributed by atoms with Gasteiger partial charge in [-0.2, -0.15) is 0 Å². The molecule has 1 aliphatic carbocycles. The number of hydrogen-bond donors (Lipinski definition) is 2. The summed E-state index contributed by atoms with van der Waals surface area (Å²) in [4.78, 5) is 0. The van der Waals surface area contributed by atoms with E-state index < -0.39 is 0 Å². The maximum absolute atomic E-state index is 4.12. The Balaban J connectivity index is 1.94. The molecule has 2 rings (SSSR count). The minimum absolute atomic E-state index is 0.628. The van der Waals surface area contributed by atoms with Gasteiger partial charge in [0, 0.05) is 31.0 Å². The first kappa shape index (κ1) is 19.3. The van der Waals surface area contributed by atoms with Crippen molar-refractivity contribution < 1.29 is 0 Å². The summed E-state index contributed by atoms with van der Waals surface area (Å²) < 4.78 is 0. The van der Waals surface area contributed by atoms with Crippen LogP contribution < -0.4 is 10.7 Å². The van der Waals surface area contributed by atoms with Gasteiger partial charge in [0.15, 0.2) is 0 Å². The minimum Gasteiger partial charge on any atom is -0.382 e. The largest absolute Gasteiger partial charge is 0.382 e. The summed E-state index contributed by atoms with van der Waals surface area (Å²) in [5, 5.41) is 5.78. The van der Waals surface area contributed by atoms with Crippen LogP contribution >= 0.6 is 0 Å². The van der Waals surface area contributed by atoms with E-state index in [1.54, 1.807) is 0 Å². The molecule has 1 saturated carbocycles. The highest BCUT2D eigenvalue weighted by Crippen LogP contribution is 2.24. The summed E-state index contributed by atoms with van der Waals surface area (Å²) in [6, 6.07) is 7.21. The molecule has 0 unspecified atom stereocenters. The fourth-order valence-corrected chi connectivity index (χ4v) is 3.42. The first-order valence-electron chi connectivity index (χ1n) is 9.40. The van der Waals surface area contributed by atoms with Crippen LogP contribution in [-0.2, 0) is 6.54 Å². The van der Waals surface area contributed by atoms with Crippen molar-refractivity contribution in [3.8, 4) is 0 Å². The highest BCUT2D eigenvalue weighted by molar-refractivity contribution is 5.58. The monoisotopic (exact) mass is 339 g/mol. The summed E-state index contributed by atoms with van der Waals surface area (Å²) in [5.41, 5.74) is 8.09. The molecule has 1 aromatic carbocycles. The van der Waals surface area contributed by atoms with E-state index in [9.17, 15) is 0 Å². The average Bonchev–Trinajstić information content (AvgIpc) is 3.08. The number of rotatable bonds is 11. The van der Waals surface area contributed by atoms with Crippen molar-refractivity contribution in [2.75, 3.05) is 12.4 Å². The van der Waals surface area contributed by atoms with Crippen LogP contribution in [0.4, 0.5) is 5.69 Å². The fourth-order valence-electron chi connectivity index (χ4n) is 3.42. The van der Waals surface area contributed by atoms with Gasteiger partial charge >= 0.3 is 0 Å². The molecule has 1 fully saturated rings. The van der Waals surface area contributed by atoms with Gasteiger partial charge in [0.2, 0.25) is 0 Å². The van der Waals surface area contributed by atoms with Crippen LogP contribution in [0, 0.1) is 0 Å². The molecule has 0 aliphatic heterocycles. The molecule has 0 spiro atoms. The van der Waals surface area contributed by atoms with Crippen LogP contribution in [-0.4, -0.2) is 18.1 Å². The second-order valence-electron chi connectivity index (χ2n) is 7.00. The van der Waals surface area contributed by atoms with Crippen molar-refractivity contribution in [3.63, 3.8) is 0 Å². The lowest BCUT2D eigenvalue weighted by molar-refractivity contribution is 0.252. The molecule has 0 bridgehead atoms. The Morgan fingerprint density at radius 2 is 2.04 bits per heavy atom. The Morgan fingerprint density at radius 3 is 2.72 bits per heavy atom. The third-order valence-electron chi connectivity index (χ3n) is 4.73. The molecule has 0 aromatic heterocycles. The van der Waals surface area contributed by atoms with E-state index in [-0.39, 0.29) is 0 Å². The van der Waals surface area contributed by atoms with Crippen LogP contribution in [0.2, 0.25) is 0 Å². The topological polar surface area (TPSA) is 27.3 Å². The molecule has 0 amide bonds. The fraction of sp³-hybridized carbons (Fsp3) is 0.455. The van der Waals surface area contributed by atoms with Crippen LogP contribution in [0.15, 0.2) is 49.7 Å². The molecule has 2 N–H and O–H groups in total. The first-order valence-corrected chi connectivity index (χ1v) is 9.40. The molecule has 136 valence electrons. The van der Waals surface area contributed by atoms with Crippen molar-refractivity contribution in [2.45, 2.75) is 57.5 Å². The Labute approximate surface area is 153 Å². The Hall–Kier alpha value is -2.00. The lowest BCUT2D eigenvalue weighted by Gasteiger charge is -2.23. The van der Waals surface area contributed by atoms with Gasteiger partial charge < -0.3 is 10.7 Å². The van der Waals surface area contributed by atoms with E-state index in [2.05, 4.69) is 60.7 Å². The van der Waals surface area contributed by atoms with Crippen molar-refractivity contribution >= 4 is 11.8 Å². The SMILES string of the molecule is C=CCCCC(=C)NN(C)Cc1cc(NC2CCCC2)ccc1C=C. The molecule has 0 heterocycles. The second-order valence-corrected chi connectivity index (χ2v) is 7.00. The first-order chi connectivity index (χ1) is 12.1. The molecule has 3 heteroatoms. The van der Waals surface area contributed by atoms with Gasteiger partial charge in [-0.15, -0.1) is 6.58 Å². The highest BCUT2D eigenvalue weighted by Gasteiger charge is 2.15. The summed E-state index contributed by atoms with van der Waals surface area (Å²) in [7, 11) is 2.06. The van der Waals surface area contributed by atoms with Crippen LogP contribution in [0.3, 0.4) is 0 Å². The number of anilines is 1. The number of benzene rings is 1. The average molecular weight is 340 g/mol. The zero-order chi connectivity index (χ0) is 18.1. The minimum atomic E-state index is 0.628. The van der Waals surface area contributed by atoms with Crippen LogP contribution in [0.1, 0.15) is 56.1 Å². The lowest BCUT2D eigenvalue weighted by Crippen LogP contribution is -2.33.